The van der Waals surface area contributed by atoms with E-state index in [1.165, 1.54) is 11.8 Å². The molecule has 0 N–H and O–H groups in total. The van der Waals surface area contributed by atoms with E-state index in [-0.39, 0.29) is 30.8 Å². The molecule has 1 aromatic rings. The number of carbonyl (C=O) groups is 3. The number of carbonyl (C=O) groups excluding carboxylic acids is 3. The summed E-state index contributed by atoms with van der Waals surface area (Å²) in [6.45, 7) is 7.33. The van der Waals surface area contributed by atoms with Crippen molar-refractivity contribution in [1.82, 2.24) is 9.80 Å². The summed E-state index contributed by atoms with van der Waals surface area (Å²) in [5.74, 6) is -1.07. The maximum atomic E-state index is 13.4. The molecule has 204 valence electrons. The van der Waals surface area contributed by atoms with E-state index >= 15 is 0 Å². The Hall–Kier alpha value is -3.11. The fraction of sp³-hybridized carbons (Fsp3) is 0.500. The first-order chi connectivity index (χ1) is 18.3. The summed E-state index contributed by atoms with van der Waals surface area (Å²) in [5, 5.41) is 2.64. The SMILES string of the molecule is CCOC(=O)[C@@H]1CCCN(C(=O)CC2=CSC3=NC(C)=C(C(=O)OCCOC)[C@@H](c4ccc(C)cc4)N23)C1. The Bertz CT molecular complexity index is 1160. The second-order valence-corrected chi connectivity index (χ2v) is 10.4. The lowest BCUT2D eigenvalue weighted by Gasteiger charge is -2.37. The van der Waals surface area contributed by atoms with Gasteiger partial charge in [-0.3, -0.25) is 9.59 Å². The van der Waals surface area contributed by atoms with Gasteiger partial charge >= 0.3 is 11.9 Å². The minimum absolute atomic E-state index is 0.0646. The Labute approximate surface area is 227 Å². The third kappa shape index (κ3) is 6.13. The zero-order valence-corrected chi connectivity index (χ0v) is 23.2. The minimum Gasteiger partial charge on any atom is -0.466 e. The predicted molar refractivity (Wildman–Crippen MR) is 145 cm³/mol. The fourth-order valence-corrected chi connectivity index (χ4v) is 5.88. The van der Waals surface area contributed by atoms with Gasteiger partial charge in [0.2, 0.25) is 5.91 Å². The summed E-state index contributed by atoms with van der Waals surface area (Å²) >= 11 is 1.44. The number of aliphatic imine (C=N–C) groups is 1. The largest absolute Gasteiger partial charge is 0.466 e. The molecule has 1 amide bonds. The Balaban J connectivity index is 1.58. The first-order valence-electron chi connectivity index (χ1n) is 13.0. The standard InChI is InChI=1S/C28H35N3O6S/c1-5-36-26(33)21-7-6-12-30(16-21)23(32)15-22-17-38-28-29-19(3)24(27(34)37-14-13-35-4)25(31(22)28)20-10-8-18(2)9-11-20/h8-11,17,21,25H,5-7,12-16H2,1-4H3/t21-,25-/m1/s1. The lowest BCUT2D eigenvalue weighted by molar-refractivity contribution is -0.151. The van der Waals surface area contributed by atoms with E-state index < -0.39 is 12.0 Å². The lowest BCUT2D eigenvalue weighted by Crippen LogP contribution is -2.44. The number of nitrogens with zero attached hydrogens (tertiary/aromatic N) is 3. The highest BCUT2D eigenvalue weighted by Crippen LogP contribution is 2.45. The number of fused-ring (bicyclic) bond motifs is 1. The molecule has 0 unspecified atom stereocenters. The second kappa shape index (κ2) is 12.6. The quantitative estimate of drug-likeness (QED) is 0.342. The molecule has 0 radical (unpaired) electrons. The molecule has 10 heteroatoms. The van der Waals surface area contributed by atoms with Crippen molar-refractivity contribution in [2.24, 2.45) is 10.9 Å². The van der Waals surface area contributed by atoms with Crippen molar-refractivity contribution < 1.29 is 28.6 Å². The molecule has 1 fully saturated rings. The molecule has 3 aliphatic rings. The molecule has 0 aliphatic carbocycles. The van der Waals surface area contributed by atoms with Crippen LogP contribution < -0.4 is 0 Å². The van der Waals surface area contributed by atoms with Gasteiger partial charge in [0.05, 0.1) is 42.9 Å². The van der Waals surface area contributed by atoms with Crippen molar-refractivity contribution in [3.05, 3.63) is 57.8 Å². The van der Waals surface area contributed by atoms with Gasteiger partial charge < -0.3 is 24.0 Å². The number of likely N-dealkylation sites (tertiary alicyclic amines) is 1. The van der Waals surface area contributed by atoms with Gasteiger partial charge in [-0.15, -0.1) is 0 Å². The van der Waals surface area contributed by atoms with Crippen LogP contribution in [0.1, 0.15) is 50.3 Å². The summed E-state index contributed by atoms with van der Waals surface area (Å²) in [6, 6.07) is 7.52. The molecule has 3 aliphatic heterocycles. The smallest absolute Gasteiger partial charge is 0.338 e. The summed E-state index contributed by atoms with van der Waals surface area (Å²) in [6.07, 6.45) is 1.61. The monoisotopic (exact) mass is 541 g/mol. The van der Waals surface area contributed by atoms with E-state index in [2.05, 4.69) is 0 Å². The molecular weight excluding hydrogens is 506 g/mol. The number of methoxy groups -OCH3 is 1. The van der Waals surface area contributed by atoms with Crippen molar-refractivity contribution in [2.45, 2.75) is 46.1 Å². The van der Waals surface area contributed by atoms with Crippen LogP contribution in [0, 0.1) is 12.8 Å². The van der Waals surface area contributed by atoms with Gasteiger partial charge in [0.15, 0.2) is 5.17 Å². The van der Waals surface area contributed by atoms with Crippen LogP contribution in [0.2, 0.25) is 0 Å². The van der Waals surface area contributed by atoms with Crippen LogP contribution in [0.25, 0.3) is 0 Å². The summed E-state index contributed by atoms with van der Waals surface area (Å²) in [4.78, 5) is 47.4. The molecule has 4 rings (SSSR count). The van der Waals surface area contributed by atoms with Gasteiger partial charge in [0, 0.05) is 25.9 Å². The lowest BCUT2D eigenvalue weighted by atomic mass is 9.93. The highest BCUT2D eigenvalue weighted by molar-refractivity contribution is 8.16. The highest BCUT2D eigenvalue weighted by atomic mass is 32.2. The number of ether oxygens (including phenoxy) is 3. The van der Waals surface area contributed by atoms with Gasteiger partial charge in [-0.05, 0) is 44.6 Å². The van der Waals surface area contributed by atoms with Crippen molar-refractivity contribution >= 4 is 34.8 Å². The second-order valence-electron chi connectivity index (χ2n) is 9.54. The maximum absolute atomic E-state index is 13.4. The first-order valence-corrected chi connectivity index (χ1v) is 13.8. The zero-order valence-electron chi connectivity index (χ0n) is 22.4. The van der Waals surface area contributed by atoms with Gasteiger partial charge in [-0.25, -0.2) is 9.79 Å². The van der Waals surface area contributed by atoms with Crippen LogP contribution in [0.15, 0.2) is 51.6 Å². The van der Waals surface area contributed by atoms with Crippen LogP contribution >= 0.6 is 11.8 Å². The number of thioether (sulfide) groups is 1. The molecule has 0 aromatic heterocycles. The molecule has 1 aromatic carbocycles. The molecule has 2 atom stereocenters. The number of benzene rings is 1. The van der Waals surface area contributed by atoms with Crippen LogP contribution in [0.5, 0.6) is 0 Å². The number of amidine groups is 1. The average Bonchev–Trinajstić information content (AvgIpc) is 3.30. The number of allylic oxidation sites excluding steroid dienone is 1. The van der Waals surface area contributed by atoms with E-state index in [0.29, 0.717) is 42.7 Å². The Morgan fingerprint density at radius 3 is 2.58 bits per heavy atom. The van der Waals surface area contributed by atoms with Crippen molar-refractivity contribution in [2.75, 3.05) is 40.0 Å². The summed E-state index contributed by atoms with van der Waals surface area (Å²) in [7, 11) is 1.55. The number of esters is 2. The molecule has 0 saturated carbocycles. The van der Waals surface area contributed by atoms with Gasteiger partial charge in [-0.1, -0.05) is 41.6 Å². The third-order valence-corrected chi connectivity index (χ3v) is 7.75. The molecule has 0 spiro atoms. The van der Waals surface area contributed by atoms with Crippen LogP contribution in [-0.2, 0) is 28.6 Å². The van der Waals surface area contributed by atoms with E-state index in [0.717, 1.165) is 29.7 Å². The number of hydrogen-bond donors (Lipinski definition) is 0. The van der Waals surface area contributed by atoms with E-state index in [4.69, 9.17) is 19.2 Å². The topological polar surface area (TPSA) is 97.7 Å². The first kappa shape index (κ1) is 27.9. The van der Waals surface area contributed by atoms with Crippen molar-refractivity contribution in [1.29, 1.82) is 0 Å². The zero-order chi connectivity index (χ0) is 27.2. The van der Waals surface area contributed by atoms with Gasteiger partial charge in [-0.2, -0.15) is 0 Å². The summed E-state index contributed by atoms with van der Waals surface area (Å²) < 4.78 is 15.8. The molecule has 9 nitrogen and oxygen atoms in total. The van der Waals surface area contributed by atoms with E-state index in [9.17, 15) is 14.4 Å². The Morgan fingerprint density at radius 2 is 1.87 bits per heavy atom. The van der Waals surface area contributed by atoms with Crippen molar-refractivity contribution in [3.8, 4) is 0 Å². The number of piperidine rings is 1. The number of hydrogen-bond acceptors (Lipinski definition) is 9. The molecule has 38 heavy (non-hydrogen) atoms. The van der Waals surface area contributed by atoms with Gasteiger partial charge in [0.1, 0.15) is 6.61 Å². The van der Waals surface area contributed by atoms with Crippen molar-refractivity contribution in [3.63, 3.8) is 0 Å². The van der Waals surface area contributed by atoms with Crippen LogP contribution in [0.3, 0.4) is 0 Å². The Morgan fingerprint density at radius 1 is 1.11 bits per heavy atom. The Kier molecular flexibility index (Phi) is 9.27. The van der Waals surface area contributed by atoms with Crippen LogP contribution in [-0.4, -0.2) is 72.8 Å². The number of aryl methyl sites for hydroxylation is 1. The molecule has 0 bridgehead atoms. The molecule has 3 heterocycles. The van der Waals surface area contributed by atoms with Crippen LogP contribution in [0.4, 0.5) is 0 Å². The fourth-order valence-electron chi connectivity index (χ4n) is 4.91. The maximum Gasteiger partial charge on any atom is 0.338 e. The van der Waals surface area contributed by atoms with E-state index in [1.807, 2.05) is 48.4 Å². The molecule has 1 saturated heterocycles. The summed E-state index contributed by atoms with van der Waals surface area (Å²) in [5.41, 5.74) is 3.80. The average molecular weight is 542 g/mol. The highest BCUT2D eigenvalue weighted by Gasteiger charge is 2.41. The number of rotatable bonds is 9. The predicted octanol–water partition coefficient (Wildman–Crippen LogP) is 3.95. The molecular formula is C28H35N3O6S. The minimum atomic E-state index is -0.485. The third-order valence-electron chi connectivity index (χ3n) is 6.86. The normalized spacial score (nSPS) is 21.1. The van der Waals surface area contributed by atoms with E-state index in [1.54, 1.807) is 18.9 Å². The number of amides is 1. The van der Waals surface area contributed by atoms with Gasteiger partial charge in [0.25, 0.3) is 0 Å².